The molecule has 0 unspecified atom stereocenters. The molecule has 2 bridgehead atoms. The number of rotatable bonds is 3. The highest BCUT2D eigenvalue weighted by atomic mass is 16.4. The van der Waals surface area contributed by atoms with Gasteiger partial charge in [0.15, 0.2) is 0 Å². The Kier molecular flexibility index (Phi) is 2.74. The summed E-state index contributed by atoms with van der Waals surface area (Å²) in [6, 6.07) is 10.3. The van der Waals surface area contributed by atoms with Gasteiger partial charge in [0, 0.05) is 6.04 Å². The second kappa shape index (κ2) is 4.28. The number of hydrogen-bond acceptors (Lipinski definition) is 2. The van der Waals surface area contributed by atoms with Gasteiger partial charge in [-0.05, 0) is 31.2 Å². The molecular weight excluding hydrogens is 228 g/mol. The van der Waals surface area contributed by atoms with Gasteiger partial charge in [-0.1, -0.05) is 30.3 Å². The van der Waals surface area contributed by atoms with Crippen molar-refractivity contribution in [3.05, 3.63) is 35.9 Å². The molecule has 3 rings (SSSR count). The minimum absolute atomic E-state index is 0.313. The van der Waals surface area contributed by atoms with Gasteiger partial charge in [-0.3, -0.25) is 10.2 Å². The summed E-state index contributed by atoms with van der Waals surface area (Å²) >= 11 is 0. The van der Waals surface area contributed by atoms with Crippen LogP contribution in [0.25, 0.3) is 0 Å². The maximum Gasteiger partial charge on any atom is 0.409 e. The molecule has 0 atom stereocenters. The Morgan fingerprint density at radius 2 is 2.00 bits per heavy atom. The average molecular weight is 246 g/mol. The Morgan fingerprint density at radius 1 is 1.33 bits per heavy atom. The van der Waals surface area contributed by atoms with Gasteiger partial charge in [0.25, 0.3) is 0 Å². The highest BCUT2D eigenvalue weighted by Gasteiger charge is 2.50. The van der Waals surface area contributed by atoms with E-state index in [4.69, 9.17) is 0 Å². The fraction of sp³-hybridized carbons (Fsp3) is 0.500. The summed E-state index contributed by atoms with van der Waals surface area (Å²) < 4.78 is 0. The molecule has 0 spiro atoms. The Hall–Kier alpha value is -1.55. The fourth-order valence-electron chi connectivity index (χ4n) is 3.28. The SMILES string of the molecule is O=C(O)N(Cc1ccccc1)C12CCC(CC1)N2. The van der Waals surface area contributed by atoms with Gasteiger partial charge >= 0.3 is 6.09 Å². The second-order valence-electron chi connectivity index (χ2n) is 5.30. The van der Waals surface area contributed by atoms with E-state index in [1.165, 1.54) is 0 Å². The van der Waals surface area contributed by atoms with Crippen molar-refractivity contribution in [3.63, 3.8) is 0 Å². The van der Waals surface area contributed by atoms with Crippen molar-refractivity contribution in [2.75, 3.05) is 0 Å². The molecule has 0 radical (unpaired) electrons. The Balaban J connectivity index is 1.83. The lowest BCUT2D eigenvalue weighted by Gasteiger charge is -2.37. The van der Waals surface area contributed by atoms with Crippen LogP contribution in [-0.4, -0.2) is 27.8 Å². The number of fused-ring (bicyclic) bond motifs is 2. The van der Waals surface area contributed by atoms with Crippen LogP contribution >= 0.6 is 0 Å². The van der Waals surface area contributed by atoms with Crippen molar-refractivity contribution in [1.29, 1.82) is 0 Å². The van der Waals surface area contributed by atoms with Crippen molar-refractivity contribution in [3.8, 4) is 0 Å². The molecule has 1 aromatic carbocycles. The first-order valence-corrected chi connectivity index (χ1v) is 6.52. The first-order chi connectivity index (χ1) is 8.70. The molecule has 2 heterocycles. The predicted octanol–water partition coefficient (Wildman–Crippen LogP) is 2.41. The maximum atomic E-state index is 11.6. The third kappa shape index (κ3) is 1.86. The summed E-state index contributed by atoms with van der Waals surface area (Å²) in [4.78, 5) is 13.2. The topological polar surface area (TPSA) is 52.6 Å². The summed E-state index contributed by atoms with van der Waals surface area (Å²) in [7, 11) is 0. The lowest BCUT2D eigenvalue weighted by molar-refractivity contribution is 0.0625. The van der Waals surface area contributed by atoms with Crippen LogP contribution in [-0.2, 0) is 6.54 Å². The molecule has 1 amide bonds. The lowest BCUT2D eigenvalue weighted by atomic mass is 9.93. The summed E-state index contributed by atoms with van der Waals surface area (Å²) in [6.07, 6.45) is 3.25. The Labute approximate surface area is 107 Å². The average Bonchev–Trinajstić information content (AvgIpc) is 2.98. The van der Waals surface area contributed by atoms with Crippen LogP contribution in [0.5, 0.6) is 0 Å². The van der Waals surface area contributed by atoms with Gasteiger partial charge in [0.1, 0.15) is 0 Å². The fourth-order valence-corrected chi connectivity index (χ4v) is 3.28. The van der Waals surface area contributed by atoms with Gasteiger partial charge in [-0.2, -0.15) is 0 Å². The highest BCUT2D eigenvalue weighted by Crippen LogP contribution is 2.40. The van der Waals surface area contributed by atoms with E-state index in [1.807, 2.05) is 30.3 Å². The highest BCUT2D eigenvalue weighted by molar-refractivity contribution is 5.66. The van der Waals surface area contributed by atoms with Gasteiger partial charge in [-0.25, -0.2) is 4.79 Å². The molecule has 2 fully saturated rings. The van der Waals surface area contributed by atoms with Crippen molar-refractivity contribution in [2.24, 2.45) is 0 Å². The zero-order valence-corrected chi connectivity index (χ0v) is 10.3. The van der Waals surface area contributed by atoms with Gasteiger partial charge in [-0.15, -0.1) is 0 Å². The summed E-state index contributed by atoms with van der Waals surface area (Å²) in [5.74, 6) is 0. The molecule has 2 aliphatic rings. The second-order valence-corrected chi connectivity index (χ2v) is 5.30. The predicted molar refractivity (Wildman–Crippen MR) is 68.1 cm³/mol. The molecule has 1 aromatic rings. The number of benzene rings is 1. The quantitative estimate of drug-likeness (QED) is 0.861. The zero-order valence-electron chi connectivity index (χ0n) is 10.3. The number of nitrogens with one attached hydrogen (secondary N) is 1. The zero-order chi connectivity index (χ0) is 12.6. The van der Waals surface area contributed by atoms with Crippen LogP contribution < -0.4 is 5.32 Å². The van der Waals surface area contributed by atoms with Gasteiger partial charge in [0.2, 0.25) is 0 Å². The van der Waals surface area contributed by atoms with Crippen LogP contribution in [0.1, 0.15) is 31.2 Å². The molecule has 4 nitrogen and oxygen atoms in total. The number of nitrogens with zero attached hydrogens (tertiary/aromatic N) is 1. The number of amides is 1. The number of carbonyl (C=O) groups is 1. The molecule has 0 aromatic heterocycles. The molecular formula is C14H18N2O2. The Morgan fingerprint density at radius 3 is 2.50 bits per heavy atom. The molecule has 2 N–H and O–H groups in total. The van der Waals surface area contributed by atoms with E-state index in [-0.39, 0.29) is 5.66 Å². The Bertz CT molecular complexity index is 438. The monoisotopic (exact) mass is 246 g/mol. The first kappa shape index (κ1) is 11.5. The minimum atomic E-state index is -0.825. The third-order valence-corrected chi connectivity index (χ3v) is 4.22. The molecule has 0 aliphatic carbocycles. The van der Waals surface area contributed by atoms with Crippen LogP contribution in [0, 0.1) is 0 Å². The van der Waals surface area contributed by atoms with Crippen LogP contribution in [0.2, 0.25) is 0 Å². The van der Waals surface area contributed by atoms with Gasteiger partial charge in [0.05, 0.1) is 12.2 Å². The smallest absolute Gasteiger partial charge is 0.409 e. The molecule has 0 saturated carbocycles. The summed E-state index contributed by atoms with van der Waals surface area (Å²) in [5, 5.41) is 13.0. The van der Waals surface area contributed by atoms with E-state index in [0.717, 1.165) is 31.2 Å². The molecule has 4 heteroatoms. The minimum Gasteiger partial charge on any atom is -0.465 e. The standard InChI is InChI=1S/C14H18N2O2/c17-13(18)16(10-11-4-2-1-3-5-11)14-8-6-12(15-14)7-9-14/h1-5,12,15H,6-10H2,(H,17,18). The van der Waals surface area contributed by atoms with E-state index >= 15 is 0 Å². The van der Waals surface area contributed by atoms with Crippen LogP contribution in [0.3, 0.4) is 0 Å². The third-order valence-electron chi connectivity index (χ3n) is 4.22. The van der Waals surface area contributed by atoms with E-state index in [0.29, 0.717) is 12.6 Å². The van der Waals surface area contributed by atoms with Crippen molar-refractivity contribution >= 4 is 6.09 Å². The molecule has 2 saturated heterocycles. The normalized spacial score (nSPS) is 29.4. The maximum absolute atomic E-state index is 11.6. The van der Waals surface area contributed by atoms with Crippen LogP contribution in [0.15, 0.2) is 30.3 Å². The number of hydrogen-bond donors (Lipinski definition) is 2. The first-order valence-electron chi connectivity index (χ1n) is 6.52. The molecule has 96 valence electrons. The van der Waals surface area contributed by atoms with Crippen LogP contribution in [0.4, 0.5) is 4.79 Å². The van der Waals surface area contributed by atoms with E-state index < -0.39 is 6.09 Å². The van der Waals surface area contributed by atoms with E-state index in [2.05, 4.69) is 5.32 Å². The number of carboxylic acid groups (broad SMARTS) is 1. The van der Waals surface area contributed by atoms with Crippen molar-refractivity contribution < 1.29 is 9.90 Å². The summed E-state index contributed by atoms with van der Waals surface area (Å²) in [5.41, 5.74) is 0.734. The summed E-state index contributed by atoms with van der Waals surface area (Å²) in [6.45, 7) is 0.468. The van der Waals surface area contributed by atoms with E-state index in [1.54, 1.807) is 4.90 Å². The van der Waals surface area contributed by atoms with E-state index in [9.17, 15) is 9.90 Å². The molecule has 2 aliphatic heterocycles. The van der Waals surface area contributed by atoms with Crippen molar-refractivity contribution in [1.82, 2.24) is 10.2 Å². The van der Waals surface area contributed by atoms with Crippen molar-refractivity contribution in [2.45, 2.75) is 43.9 Å². The lowest BCUT2D eigenvalue weighted by Crippen LogP contribution is -2.55. The van der Waals surface area contributed by atoms with Gasteiger partial charge < -0.3 is 5.11 Å². The molecule has 18 heavy (non-hydrogen) atoms. The largest absolute Gasteiger partial charge is 0.465 e.